The second kappa shape index (κ2) is 9.52. The first-order chi connectivity index (χ1) is 16.7. The molecule has 0 N–H and O–H groups in total. The summed E-state index contributed by atoms with van der Waals surface area (Å²) in [6.07, 6.45) is 2.11. The van der Waals surface area contributed by atoms with Crippen LogP contribution in [0.3, 0.4) is 0 Å². The van der Waals surface area contributed by atoms with Crippen LogP contribution < -0.4 is 9.47 Å². The third-order valence-electron chi connectivity index (χ3n) is 4.58. The summed E-state index contributed by atoms with van der Waals surface area (Å²) in [4.78, 5) is 27.9. The average Bonchev–Trinajstić information content (AvgIpc) is 2.85. The van der Waals surface area contributed by atoms with Crippen molar-refractivity contribution in [3.63, 3.8) is 0 Å². The van der Waals surface area contributed by atoms with Crippen molar-refractivity contribution in [2.24, 2.45) is 0 Å². The van der Waals surface area contributed by atoms with Crippen molar-refractivity contribution in [1.82, 2.24) is 9.97 Å². The van der Waals surface area contributed by atoms with Crippen LogP contribution >= 0.6 is 0 Å². The third-order valence-corrected chi connectivity index (χ3v) is 6.36. The number of pyridine rings is 2. The number of hydrogen-bond acceptors (Lipinski definition) is 10. The Morgan fingerprint density at radius 1 is 0.600 bits per heavy atom. The molecule has 2 aromatic heterocycles. The van der Waals surface area contributed by atoms with Crippen LogP contribution in [-0.2, 0) is 9.84 Å². The van der Waals surface area contributed by atoms with Gasteiger partial charge in [0.25, 0.3) is 11.4 Å². The van der Waals surface area contributed by atoms with E-state index in [4.69, 9.17) is 9.47 Å². The topological polar surface area (TPSA) is 165 Å². The number of ether oxygens (including phenoxy) is 2. The Hall–Kier alpha value is -4.91. The van der Waals surface area contributed by atoms with Gasteiger partial charge in [-0.1, -0.05) is 0 Å². The molecule has 0 bridgehead atoms. The second-order valence-electron chi connectivity index (χ2n) is 6.87. The Balaban J connectivity index is 1.44. The van der Waals surface area contributed by atoms with Crippen LogP contribution in [0, 0.1) is 20.2 Å². The van der Waals surface area contributed by atoms with E-state index in [1.54, 1.807) is 0 Å². The molecule has 0 fully saturated rings. The number of sulfone groups is 1. The first-order valence-corrected chi connectivity index (χ1v) is 11.2. The normalized spacial score (nSPS) is 11.0. The molecule has 12 nitrogen and oxygen atoms in total. The molecule has 0 saturated heterocycles. The van der Waals surface area contributed by atoms with E-state index in [2.05, 4.69) is 9.97 Å². The minimum absolute atomic E-state index is 0.0206. The second-order valence-corrected chi connectivity index (χ2v) is 8.82. The summed E-state index contributed by atoms with van der Waals surface area (Å²) in [5.41, 5.74) is -0.363. The first-order valence-electron chi connectivity index (χ1n) is 9.74. The molecule has 0 aliphatic heterocycles. The van der Waals surface area contributed by atoms with Crippen molar-refractivity contribution in [2.75, 3.05) is 0 Å². The highest BCUT2D eigenvalue weighted by Crippen LogP contribution is 2.28. The van der Waals surface area contributed by atoms with Crippen molar-refractivity contribution in [3.05, 3.63) is 105 Å². The molecule has 0 atom stereocenters. The van der Waals surface area contributed by atoms with Gasteiger partial charge in [-0.05, 0) is 48.5 Å². The average molecular weight is 494 g/mol. The zero-order chi connectivity index (χ0) is 25.0. The van der Waals surface area contributed by atoms with Crippen LogP contribution in [0.4, 0.5) is 11.4 Å². The van der Waals surface area contributed by atoms with Crippen LogP contribution in [0.2, 0.25) is 0 Å². The Kier molecular flexibility index (Phi) is 6.33. The first kappa shape index (κ1) is 23.3. The van der Waals surface area contributed by atoms with Crippen molar-refractivity contribution in [2.45, 2.75) is 9.79 Å². The summed E-state index contributed by atoms with van der Waals surface area (Å²) in [5, 5.41) is 21.4. The van der Waals surface area contributed by atoms with Crippen molar-refractivity contribution < 1.29 is 27.7 Å². The lowest BCUT2D eigenvalue weighted by molar-refractivity contribution is -0.385. The molecule has 0 amide bonds. The van der Waals surface area contributed by atoms with E-state index in [1.165, 1.54) is 72.8 Å². The standard InChI is InChI=1S/C22H14N4O8S/c27-25(28)15-1-11-21(23-13-15)33-17-3-7-19(8-4-17)35(31,32)20-9-5-18(6-10-20)34-22-12-2-16(14-24-22)26(29)30/h1-14H. The molecular formula is C22H14N4O8S. The van der Waals surface area contributed by atoms with E-state index in [1.807, 2.05) is 0 Å². The molecule has 35 heavy (non-hydrogen) atoms. The molecule has 0 aliphatic carbocycles. The largest absolute Gasteiger partial charge is 0.439 e. The molecule has 4 rings (SSSR count). The fourth-order valence-corrected chi connectivity index (χ4v) is 4.09. The van der Waals surface area contributed by atoms with Gasteiger partial charge in [-0.15, -0.1) is 0 Å². The molecular weight excluding hydrogens is 480 g/mol. The molecule has 0 radical (unpaired) electrons. The van der Waals surface area contributed by atoms with Crippen molar-refractivity contribution in [1.29, 1.82) is 0 Å². The summed E-state index contributed by atoms with van der Waals surface area (Å²) >= 11 is 0. The minimum Gasteiger partial charge on any atom is -0.439 e. The smallest absolute Gasteiger partial charge is 0.287 e. The number of aromatic nitrogens is 2. The maximum atomic E-state index is 12.9. The number of nitrogens with zero attached hydrogens (tertiary/aromatic N) is 4. The summed E-state index contributed by atoms with van der Waals surface area (Å²) in [6.45, 7) is 0. The van der Waals surface area contributed by atoms with Gasteiger partial charge in [0.05, 0.1) is 19.6 Å². The van der Waals surface area contributed by atoms with Gasteiger partial charge in [-0.25, -0.2) is 18.4 Å². The predicted octanol–water partition coefficient (Wildman–Crippen LogP) is 4.71. The maximum absolute atomic E-state index is 12.9. The van der Waals surface area contributed by atoms with Crippen molar-refractivity contribution >= 4 is 21.2 Å². The molecule has 13 heteroatoms. The Morgan fingerprint density at radius 3 is 1.26 bits per heavy atom. The lowest BCUT2D eigenvalue weighted by Gasteiger charge is -2.08. The molecule has 0 saturated carbocycles. The number of hydrogen-bond donors (Lipinski definition) is 0. The maximum Gasteiger partial charge on any atom is 0.287 e. The van der Waals surface area contributed by atoms with Gasteiger partial charge in [-0.3, -0.25) is 20.2 Å². The number of benzene rings is 2. The zero-order valence-corrected chi connectivity index (χ0v) is 18.4. The summed E-state index contributed by atoms with van der Waals surface area (Å²) < 4.78 is 36.9. The lowest BCUT2D eigenvalue weighted by atomic mass is 10.3. The van der Waals surface area contributed by atoms with Crippen molar-refractivity contribution in [3.8, 4) is 23.3 Å². The Labute approximate surface area is 197 Å². The van der Waals surface area contributed by atoms with E-state index < -0.39 is 19.7 Å². The fourth-order valence-electron chi connectivity index (χ4n) is 2.83. The molecule has 0 spiro atoms. The van der Waals surface area contributed by atoms with Gasteiger partial charge in [0.15, 0.2) is 0 Å². The number of nitro groups is 2. The Morgan fingerprint density at radius 2 is 0.971 bits per heavy atom. The van der Waals surface area contributed by atoms with Gasteiger partial charge >= 0.3 is 0 Å². The van der Waals surface area contributed by atoms with Crippen LogP contribution in [0.25, 0.3) is 0 Å². The van der Waals surface area contributed by atoms with Gasteiger partial charge < -0.3 is 9.47 Å². The summed E-state index contributed by atoms with van der Waals surface area (Å²) in [7, 11) is -3.84. The van der Waals surface area contributed by atoms with Crippen LogP contribution in [-0.4, -0.2) is 28.2 Å². The molecule has 4 aromatic rings. The quantitative estimate of drug-likeness (QED) is 0.247. The molecule has 2 heterocycles. The fraction of sp³-hybridized carbons (Fsp3) is 0. The van der Waals surface area contributed by atoms with E-state index in [9.17, 15) is 28.6 Å². The van der Waals surface area contributed by atoms with E-state index >= 15 is 0 Å². The predicted molar refractivity (Wildman–Crippen MR) is 120 cm³/mol. The monoisotopic (exact) mass is 494 g/mol. The van der Waals surface area contributed by atoms with E-state index in [-0.39, 0.29) is 32.9 Å². The van der Waals surface area contributed by atoms with Crippen LogP contribution in [0.1, 0.15) is 0 Å². The summed E-state index contributed by atoms with van der Waals surface area (Å²) in [6, 6.07) is 16.4. The van der Waals surface area contributed by atoms with Crippen LogP contribution in [0.15, 0.2) is 95.0 Å². The molecule has 0 unspecified atom stereocenters. The van der Waals surface area contributed by atoms with Gasteiger partial charge in [0.2, 0.25) is 21.6 Å². The van der Waals surface area contributed by atoms with Gasteiger partial charge in [0, 0.05) is 24.3 Å². The SMILES string of the molecule is O=[N+]([O-])c1ccc(Oc2ccc(S(=O)(=O)c3ccc(Oc4ccc([N+](=O)[O-])cn4)cc3)cc2)nc1. The third kappa shape index (κ3) is 5.36. The summed E-state index contributed by atoms with van der Waals surface area (Å²) in [5.74, 6) is 0.822. The zero-order valence-electron chi connectivity index (χ0n) is 17.5. The number of rotatable bonds is 8. The van der Waals surface area contributed by atoms with E-state index in [0.717, 1.165) is 12.4 Å². The van der Waals surface area contributed by atoms with Gasteiger partial charge in [-0.2, -0.15) is 0 Å². The highest BCUT2D eigenvalue weighted by atomic mass is 32.2. The highest BCUT2D eigenvalue weighted by molar-refractivity contribution is 7.91. The highest BCUT2D eigenvalue weighted by Gasteiger charge is 2.18. The molecule has 176 valence electrons. The van der Waals surface area contributed by atoms with Gasteiger partial charge in [0.1, 0.15) is 23.9 Å². The lowest BCUT2D eigenvalue weighted by Crippen LogP contribution is -2.02. The molecule has 0 aliphatic rings. The van der Waals surface area contributed by atoms with Crippen LogP contribution in [0.5, 0.6) is 23.3 Å². The minimum atomic E-state index is -3.84. The Bertz CT molecular complexity index is 1360. The molecule has 2 aromatic carbocycles. The van der Waals surface area contributed by atoms with E-state index in [0.29, 0.717) is 11.5 Å².